The maximum Gasteiger partial charge on any atom is 0.141 e. The van der Waals surface area contributed by atoms with Crippen LogP contribution >= 0.6 is 34.8 Å². The molecule has 0 radical (unpaired) electrons. The summed E-state index contributed by atoms with van der Waals surface area (Å²) in [5, 5.41) is 5.89. The summed E-state index contributed by atoms with van der Waals surface area (Å²) in [6.45, 7) is 2.29. The molecule has 0 atom stereocenters. The zero-order chi connectivity index (χ0) is 12.6. The Morgan fingerprint density at radius 2 is 1.76 bits per heavy atom. The van der Waals surface area contributed by atoms with Crippen LogP contribution in [-0.4, -0.2) is 9.78 Å². The molecular formula is C11H10Cl3N3. The lowest BCUT2D eigenvalue weighted by molar-refractivity contribution is 0.689. The highest BCUT2D eigenvalue weighted by Gasteiger charge is 2.10. The number of halogens is 3. The minimum Gasteiger partial charge on any atom is -0.383 e. The van der Waals surface area contributed by atoms with E-state index in [1.165, 1.54) is 0 Å². The van der Waals surface area contributed by atoms with Crippen LogP contribution in [0.25, 0.3) is 0 Å². The minimum absolute atomic E-state index is 0.445. The molecule has 0 amide bonds. The van der Waals surface area contributed by atoms with Crippen molar-refractivity contribution in [2.45, 2.75) is 13.5 Å². The number of aromatic nitrogens is 2. The Kier molecular flexibility index (Phi) is 3.52. The third-order valence-corrected chi connectivity index (χ3v) is 3.25. The Labute approximate surface area is 114 Å². The second kappa shape index (κ2) is 4.77. The van der Waals surface area contributed by atoms with Crippen molar-refractivity contribution in [3.63, 3.8) is 0 Å². The first-order chi connectivity index (χ1) is 7.97. The number of rotatable bonds is 2. The molecule has 17 heavy (non-hydrogen) atoms. The van der Waals surface area contributed by atoms with Crippen molar-refractivity contribution >= 4 is 40.6 Å². The highest BCUT2D eigenvalue weighted by molar-refractivity contribution is 6.34. The number of anilines is 1. The van der Waals surface area contributed by atoms with E-state index in [4.69, 9.17) is 40.5 Å². The van der Waals surface area contributed by atoms with E-state index in [1.807, 2.05) is 12.1 Å². The van der Waals surface area contributed by atoms with Crippen molar-refractivity contribution in [2.75, 3.05) is 5.73 Å². The lowest BCUT2D eigenvalue weighted by Crippen LogP contribution is -2.06. The van der Waals surface area contributed by atoms with Gasteiger partial charge in [-0.1, -0.05) is 34.8 Å². The number of aryl methyl sites for hydroxylation is 1. The first-order valence-electron chi connectivity index (χ1n) is 4.90. The van der Waals surface area contributed by atoms with E-state index in [1.54, 1.807) is 17.7 Å². The van der Waals surface area contributed by atoms with Gasteiger partial charge in [-0.15, -0.1) is 0 Å². The van der Waals surface area contributed by atoms with Gasteiger partial charge < -0.3 is 5.73 Å². The fourth-order valence-corrected chi connectivity index (χ4v) is 2.28. The molecule has 0 aliphatic carbocycles. The molecule has 1 aromatic carbocycles. The Balaban J connectivity index is 2.34. The summed E-state index contributed by atoms with van der Waals surface area (Å²) in [5.41, 5.74) is 7.46. The number of nitrogens with zero attached hydrogens (tertiary/aromatic N) is 2. The van der Waals surface area contributed by atoms with Crippen molar-refractivity contribution in [1.82, 2.24) is 9.78 Å². The number of benzene rings is 1. The van der Waals surface area contributed by atoms with Crippen LogP contribution in [0.1, 0.15) is 11.3 Å². The molecule has 0 aliphatic rings. The van der Waals surface area contributed by atoms with Crippen molar-refractivity contribution in [3.8, 4) is 0 Å². The fraction of sp³-hybridized carbons (Fsp3) is 0.182. The smallest absolute Gasteiger partial charge is 0.141 e. The average molecular weight is 291 g/mol. The van der Waals surface area contributed by atoms with Crippen LogP contribution in [0.4, 0.5) is 5.82 Å². The van der Waals surface area contributed by atoms with Crippen molar-refractivity contribution < 1.29 is 0 Å². The third kappa shape index (κ3) is 2.68. The van der Waals surface area contributed by atoms with Gasteiger partial charge in [0.2, 0.25) is 0 Å². The largest absolute Gasteiger partial charge is 0.383 e. The molecule has 0 aliphatic heterocycles. The van der Waals surface area contributed by atoms with E-state index in [0.29, 0.717) is 33.1 Å². The predicted octanol–water partition coefficient (Wildman–Crippen LogP) is 3.78. The predicted molar refractivity (Wildman–Crippen MR) is 72.0 cm³/mol. The molecule has 0 saturated carbocycles. The van der Waals surface area contributed by atoms with Crippen LogP contribution in [0.15, 0.2) is 18.2 Å². The van der Waals surface area contributed by atoms with Gasteiger partial charge in [0.15, 0.2) is 0 Å². The van der Waals surface area contributed by atoms with Gasteiger partial charge in [-0.05, 0) is 30.7 Å². The Morgan fingerprint density at radius 1 is 1.18 bits per heavy atom. The molecule has 0 spiro atoms. The molecule has 3 nitrogen and oxygen atoms in total. The minimum atomic E-state index is 0.445. The van der Waals surface area contributed by atoms with E-state index in [9.17, 15) is 0 Å². The maximum atomic E-state index is 5.97. The van der Waals surface area contributed by atoms with E-state index in [0.717, 1.165) is 5.56 Å². The van der Waals surface area contributed by atoms with Crippen molar-refractivity contribution in [3.05, 3.63) is 44.5 Å². The number of hydrogen-bond acceptors (Lipinski definition) is 2. The van der Waals surface area contributed by atoms with Gasteiger partial charge in [-0.3, -0.25) is 0 Å². The standard InChI is InChI=1S/C11H10Cl3N3/c1-6-10(14)11(15)17(16-6)5-7-2-8(12)4-9(13)3-7/h2-4H,5,15H2,1H3. The molecule has 0 saturated heterocycles. The normalized spacial score (nSPS) is 10.8. The number of nitrogens with two attached hydrogens (primary N) is 1. The molecule has 2 rings (SSSR count). The third-order valence-electron chi connectivity index (χ3n) is 2.35. The SMILES string of the molecule is Cc1nn(Cc2cc(Cl)cc(Cl)c2)c(N)c1Cl. The number of nitrogen functional groups attached to an aromatic ring is 1. The Bertz CT molecular complexity index is 543. The van der Waals surface area contributed by atoms with Crippen LogP contribution in [0.2, 0.25) is 15.1 Å². The average Bonchev–Trinajstić information content (AvgIpc) is 2.45. The molecule has 0 fully saturated rings. The highest BCUT2D eigenvalue weighted by Crippen LogP contribution is 2.24. The summed E-state index contributed by atoms with van der Waals surface area (Å²) < 4.78 is 1.62. The highest BCUT2D eigenvalue weighted by atomic mass is 35.5. The summed E-state index contributed by atoms with van der Waals surface area (Å²) in [7, 11) is 0. The van der Waals surface area contributed by atoms with Gasteiger partial charge in [0, 0.05) is 10.0 Å². The van der Waals surface area contributed by atoms with Gasteiger partial charge in [-0.25, -0.2) is 4.68 Å². The van der Waals surface area contributed by atoms with Gasteiger partial charge >= 0.3 is 0 Å². The molecule has 2 N–H and O–H groups in total. The zero-order valence-corrected chi connectivity index (χ0v) is 11.3. The van der Waals surface area contributed by atoms with Gasteiger partial charge in [0.25, 0.3) is 0 Å². The topological polar surface area (TPSA) is 43.8 Å². The van der Waals surface area contributed by atoms with Crippen LogP contribution in [0.5, 0.6) is 0 Å². The summed E-state index contributed by atoms with van der Waals surface area (Å²) in [4.78, 5) is 0. The Hall–Kier alpha value is -0.900. The summed E-state index contributed by atoms with van der Waals surface area (Å²) in [6.07, 6.45) is 0. The second-order valence-electron chi connectivity index (χ2n) is 3.72. The van der Waals surface area contributed by atoms with Gasteiger partial charge in [0.05, 0.1) is 12.2 Å². The van der Waals surface area contributed by atoms with Crippen LogP contribution in [0, 0.1) is 6.92 Å². The first kappa shape index (κ1) is 12.6. The number of hydrogen-bond donors (Lipinski definition) is 1. The molecule has 2 aromatic rings. The Morgan fingerprint density at radius 3 is 2.24 bits per heavy atom. The molecule has 6 heteroatoms. The fourth-order valence-electron chi connectivity index (χ4n) is 1.57. The van der Waals surface area contributed by atoms with E-state index >= 15 is 0 Å². The van der Waals surface area contributed by atoms with Gasteiger partial charge in [0.1, 0.15) is 10.8 Å². The van der Waals surface area contributed by atoms with E-state index < -0.39 is 0 Å². The summed E-state index contributed by atoms with van der Waals surface area (Å²) >= 11 is 17.8. The molecule has 90 valence electrons. The monoisotopic (exact) mass is 289 g/mol. The van der Waals surface area contributed by atoms with Crippen molar-refractivity contribution in [2.24, 2.45) is 0 Å². The molecular weight excluding hydrogens is 281 g/mol. The summed E-state index contributed by atoms with van der Waals surface area (Å²) in [6, 6.07) is 5.31. The quantitative estimate of drug-likeness (QED) is 0.914. The van der Waals surface area contributed by atoms with Gasteiger partial charge in [-0.2, -0.15) is 5.10 Å². The molecule has 0 bridgehead atoms. The molecule has 1 aromatic heterocycles. The lowest BCUT2D eigenvalue weighted by Gasteiger charge is -2.05. The molecule has 0 unspecified atom stereocenters. The lowest BCUT2D eigenvalue weighted by atomic mass is 10.2. The molecule has 1 heterocycles. The first-order valence-corrected chi connectivity index (χ1v) is 6.04. The second-order valence-corrected chi connectivity index (χ2v) is 4.97. The van der Waals surface area contributed by atoms with Crippen LogP contribution < -0.4 is 5.73 Å². The maximum absolute atomic E-state index is 5.97. The van der Waals surface area contributed by atoms with Crippen LogP contribution in [-0.2, 0) is 6.54 Å². The van der Waals surface area contributed by atoms with Crippen molar-refractivity contribution in [1.29, 1.82) is 0 Å². The summed E-state index contributed by atoms with van der Waals surface area (Å²) in [5.74, 6) is 0.445. The van der Waals surface area contributed by atoms with E-state index in [2.05, 4.69) is 5.10 Å². The van der Waals surface area contributed by atoms with Crippen LogP contribution in [0.3, 0.4) is 0 Å². The zero-order valence-electron chi connectivity index (χ0n) is 9.04. The van der Waals surface area contributed by atoms with E-state index in [-0.39, 0.29) is 0 Å².